The van der Waals surface area contributed by atoms with Crippen LogP contribution in [0.5, 0.6) is 0 Å². The van der Waals surface area contributed by atoms with Gasteiger partial charge < -0.3 is 10.8 Å². The number of nitrogens with two attached hydrogens (primary N) is 1. The molecule has 0 amide bonds. The molecule has 0 aliphatic rings. The van der Waals surface area contributed by atoms with Gasteiger partial charge in [0.25, 0.3) is 0 Å². The Morgan fingerprint density at radius 1 is 1.29 bits per heavy atom. The molecule has 0 aliphatic carbocycles. The van der Waals surface area contributed by atoms with Crippen molar-refractivity contribution in [3.63, 3.8) is 0 Å². The zero-order valence-corrected chi connectivity index (χ0v) is 9.13. The standard InChI is InChI=1S/C11H13F4NO/c1-2-9(17)10(16)6-3-7(11(13,14)15)5-8(12)4-6/h3-5,9-10,17H,2,16H2,1H3/t9-,10+/m0/s1. The second kappa shape index (κ2) is 5.01. The molecule has 0 spiro atoms. The molecular formula is C11H13F4NO. The number of aliphatic hydroxyl groups is 1. The molecule has 17 heavy (non-hydrogen) atoms. The minimum atomic E-state index is -4.63. The van der Waals surface area contributed by atoms with Crippen molar-refractivity contribution in [3.05, 3.63) is 35.1 Å². The summed E-state index contributed by atoms with van der Waals surface area (Å²) in [6.45, 7) is 1.63. The van der Waals surface area contributed by atoms with Crippen LogP contribution in [0.2, 0.25) is 0 Å². The summed E-state index contributed by atoms with van der Waals surface area (Å²) in [4.78, 5) is 0. The predicted molar refractivity (Wildman–Crippen MR) is 54.6 cm³/mol. The minimum Gasteiger partial charge on any atom is -0.391 e. The van der Waals surface area contributed by atoms with Gasteiger partial charge in [0, 0.05) is 0 Å². The van der Waals surface area contributed by atoms with Crippen LogP contribution < -0.4 is 5.73 Å². The molecule has 0 heterocycles. The SMILES string of the molecule is CC[C@H](O)[C@H](N)c1cc(F)cc(C(F)(F)F)c1. The van der Waals surface area contributed by atoms with E-state index < -0.39 is 29.7 Å². The van der Waals surface area contributed by atoms with Crippen LogP contribution in [-0.2, 0) is 6.18 Å². The Hall–Kier alpha value is -1.14. The zero-order chi connectivity index (χ0) is 13.2. The van der Waals surface area contributed by atoms with Crippen LogP contribution in [0, 0.1) is 5.82 Å². The van der Waals surface area contributed by atoms with Gasteiger partial charge in [-0.3, -0.25) is 0 Å². The van der Waals surface area contributed by atoms with E-state index in [0.717, 1.165) is 12.1 Å². The van der Waals surface area contributed by atoms with Gasteiger partial charge in [-0.15, -0.1) is 0 Å². The van der Waals surface area contributed by atoms with E-state index in [2.05, 4.69) is 0 Å². The first-order chi connectivity index (χ1) is 7.75. The van der Waals surface area contributed by atoms with Crippen molar-refractivity contribution in [1.82, 2.24) is 0 Å². The molecule has 3 N–H and O–H groups in total. The highest BCUT2D eigenvalue weighted by atomic mass is 19.4. The number of hydrogen-bond donors (Lipinski definition) is 2. The topological polar surface area (TPSA) is 46.2 Å². The van der Waals surface area contributed by atoms with E-state index in [0.29, 0.717) is 6.07 Å². The normalized spacial score (nSPS) is 15.7. The Morgan fingerprint density at radius 2 is 1.88 bits per heavy atom. The fourth-order valence-electron chi connectivity index (χ4n) is 1.44. The first kappa shape index (κ1) is 13.9. The van der Waals surface area contributed by atoms with Crippen LogP contribution in [0.3, 0.4) is 0 Å². The summed E-state index contributed by atoms with van der Waals surface area (Å²) in [7, 11) is 0. The second-order valence-electron chi connectivity index (χ2n) is 3.77. The van der Waals surface area contributed by atoms with E-state index in [1.54, 1.807) is 6.92 Å². The molecule has 96 valence electrons. The summed E-state index contributed by atoms with van der Waals surface area (Å²) in [6, 6.07) is 1.02. The first-order valence-electron chi connectivity index (χ1n) is 5.07. The molecule has 0 unspecified atom stereocenters. The van der Waals surface area contributed by atoms with Crippen molar-refractivity contribution in [1.29, 1.82) is 0 Å². The molecule has 0 bridgehead atoms. The number of rotatable bonds is 3. The number of alkyl halides is 3. The number of benzene rings is 1. The maximum absolute atomic E-state index is 13.0. The second-order valence-corrected chi connectivity index (χ2v) is 3.77. The summed E-state index contributed by atoms with van der Waals surface area (Å²) in [5.74, 6) is -1.02. The van der Waals surface area contributed by atoms with Crippen molar-refractivity contribution in [2.45, 2.75) is 31.7 Å². The van der Waals surface area contributed by atoms with Crippen molar-refractivity contribution in [2.75, 3.05) is 0 Å². The van der Waals surface area contributed by atoms with E-state index in [1.165, 1.54) is 0 Å². The lowest BCUT2D eigenvalue weighted by atomic mass is 9.98. The van der Waals surface area contributed by atoms with E-state index in [9.17, 15) is 22.7 Å². The third kappa shape index (κ3) is 3.41. The molecule has 1 aromatic rings. The number of hydrogen-bond acceptors (Lipinski definition) is 2. The molecule has 1 rings (SSSR count). The average molecular weight is 251 g/mol. The van der Waals surface area contributed by atoms with Crippen LogP contribution in [-0.4, -0.2) is 11.2 Å². The van der Waals surface area contributed by atoms with Crippen molar-refractivity contribution >= 4 is 0 Å². The van der Waals surface area contributed by atoms with Crippen LogP contribution in [0.4, 0.5) is 17.6 Å². The number of aliphatic hydroxyl groups excluding tert-OH is 1. The van der Waals surface area contributed by atoms with Gasteiger partial charge in [-0.1, -0.05) is 6.92 Å². The number of halogens is 4. The van der Waals surface area contributed by atoms with Crippen LogP contribution >= 0.6 is 0 Å². The van der Waals surface area contributed by atoms with Gasteiger partial charge in [0.2, 0.25) is 0 Å². The molecule has 0 aliphatic heterocycles. The Kier molecular flexibility index (Phi) is 4.11. The molecule has 2 nitrogen and oxygen atoms in total. The largest absolute Gasteiger partial charge is 0.416 e. The third-order valence-corrected chi connectivity index (χ3v) is 2.47. The molecule has 0 fully saturated rings. The maximum Gasteiger partial charge on any atom is 0.416 e. The van der Waals surface area contributed by atoms with Crippen LogP contribution in [0.1, 0.15) is 30.5 Å². The zero-order valence-electron chi connectivity index (χ0n) is 9.13. The van der Waals surface area contributed by atoms with Gasteiger partial charge in [0.05, 0.1) is 17.7 Å². The third-order valence-electron chi connectivity index (χ3n) is 2.47. The molecule has 0 saturated carbocycles. The predicted octanol–water partition coefficient (Wildman–Crippen LogP) is 2.62. The van der Waals surface area contributed by atoms with Gasteiger partial charge in [0.1, 0.15) is 5.82 Å². The Labute approximate surface area is 96.1 Å². The smallest absolute Gasteiger partial charge is 0.391 e. The van der Waals surface area contributed by atoms with Crippen molar-refractivity contribution in [2.24, 2.45) is 5.73 Å². The Bertz CT molecular complexity index is 392. The van der Waals surface area contributed by atoms with E-state index in [4.69, 9.17) is 5.73 Å². The summed E-state index contributed by atoms with van der Waals surface area (Å²) in [5.41, 5.74) is 4.38. The molecule has 0 radical (unpaired) electrons. The Morgan fingerprint density at radius 3 is 2.35 bits per heavy atom. The van der Waals surface area contributed by atoms with E-state index >= 15 is 0 Å². The summed E-state index contributed by atoms with van der Waals surface area (Å²) < 4.78 is 50.3. The summed E-state index contributed by atoms with van der Waals surface area (Å²) >= 11 is 0. The highest BCUT2D eigenvalue weighted by Crippen LogP contribution is 2.32. The minimum absolute atomic E-state index is 0.0633. The molecule has 2 atom stereocenters. The van der Waals surface area contributed by atoms with Gasteiger partial charge in [0.15, 0.2) is 0 Å². The van der Waals surface area contributed by atoms with Gasteiger partial charge >= 0.3 is 6.18 Å². The molecule has 0 saturated heterocycles. The van der Waals surface area contributed by atoms with Crippen molar-refractivity contribution in [3.8, 4) is 0 Å². The van der Waals surface area contributed by atoms with Gasteiger partial charge in [-0.2, -0.15) is 13.2 Å². The monoisotopic (exact) mass is 251 g/mol. The lowest BCUT2D eigenvalue weighted by molar-refractivity contribution is -0.137. The van der Waals surface area contributed by atoms with Gasteiger partial charge in [-0.25, -0.2) is 4.39 Å². The molecular weight excluding hydrogens is 238 g/mol. The maximum atomic E-state index is 13.0. The first-order valence-corrected chi connectivity index (χ1v) is 5.07. The quantitative estimate of drug-likeness (QED) is 0.811. The summed E-state index contributed by atoms with van der Waals surface area (Å²) in [6.07, 6.45) is -5.36. The lowest BCUT2D eigenvalue weighted by Gasteiger charge is -2.19. The van der Waals surface area contributed by atoms with Crippen LogP contribution in [0.25, 0.3) is 0 Å². The van der Waals surface area contributed by atoms with Gasteiger partial charge in [-0.05, 0) is 30.2 Å². The van der Waals surface area contributed by atoms with E-state index in [1.807, 2.05) is 0 Å². The fraction of sp³-hybridized carbons (Fsp3) is 0.455. The lowest BCUT2D eigenvalue weighted by Crippen LogP contribution is -2.26. The summed E-state index contributed by atoms with van der Waals surface area (Å²) in [5, 5.41) is 9.44. The van der Waals surface area contributed by atoms with E-state index in [-0.39, 0.29) is 12.0 Å². The average Bonchev–Trinajstić information content (AvgIpc) is 2.25. The van der Waals surface area contributed by atoms with Crippen molar-refractivity contribution < 1.29 is 22.7 Å². The highest BCUT2D eigenvalue weighted by molar-refractivity contribution is 5.29. The molecule has 0 aromatic heterocycles. The molecule has 1 aromatic carbocycles. The molecule has 6 heteroatoms. The van der Waals surface area contributed by atoms with Crippen LogP contribution in [0.15, 0.2) is 18.2 Å². The highest BCUT2D eigenvalue weighted by Gasteiger charge is 2.32. The fourth-order valence-corrected chi connectivity index (χ4v) is 1.44. The Balaban J connectivity index is 3.14.